The second kappa shape index (κ2) is 4.94. The van der Waals surface area contributed by atoms with Crippen LogP contribution in [0.3, 0.4) is 0 Å². The molecule has 0 aromatic heterocycles. The molecule has 4 aliphatic rings. The van der Waals surface area contributed by atoms with Crippen molar-refractivity contribution in [3.05, 3.63) is 0 Å². The van der Waals surface area contributed by atoms with E-state index in [9.17, 15) is 0 Å². The van der Waals surface area contributed by atoms with Crippen LogP contribution in [-0.2, 0) is 4.74 Å². The maximum atomic E-state index is 4.94. The van der Waals surface area contributed by atoms with Gasteiger partial charge in [-0.2, -0.15) is 0 Å². The highest BCUT2D eigenvalue weighted by Crippen LogP contribution is 2.06. The van der Waals surface area contributed by atoms with Crippen molar-refractivity contribution in [2.45, 2.75) is 12.8 Å². The lowest BCUT2D eigenvalue weighted by atomic mass is 10.2. The van der Waals surface area contributed by atoms with Crippen molar-refractivity contribution in [3.63, 3.8) is 0 Å². The third-order valence-electron chi connectivity index (χ3n) is 3.02. The number of piperazine rings is 3. The van der Waals surface area contributed by atoms with Crippen LogP contribution in [0.5, 0.6) is 0 Å². The average molecular weight is 184 g/mol. The molecule has 3 nitrogen and oxygen atoms in total. The first-order valence-corrected chi connectivity index (χ1v) is 5.47. The summed E-state index contributed by atoms with van der Waals surface area (Å²) in [5.41, 5.74) is 0. The second-order valence-corrected chi connectivity index (χ2v) is 4.00. The SMILES string of the molecule is C1CCOC1.C1CN2CCN1CC2. The third-order valence-corrected chi connectivity index (χ3v) is 3.02. The molecule has 13 heavy (non-hydrogen) atoms. The summed E-state index contributed by atoms with van der Waals surface area (Å²) in [7, 11) is 0. The molecule has 0 amide bonds. The number of hydrogen-bond donors (Lipinski definition) is 0. The highest BCUT2D eigenvalue weighted by molar-refractivity contribution is 4.78. The van der Waals surface area contributed by atoms with E-state index in [1.54, 1.807) is 0 Å². The summed E-state index contributed by atoms with van der Waals surface area (Å²) in [5, 5.41) is 0. The molecule has 4 rings (SSSR count). The highest BCUT2D eigenvalue weighted by atomic mass is 16.5. The van der Waals surface area contributed by atoms with Gasteiger partial charge >= 0.3 is 0 Å². The highest BCUT2D eigenvalue weighted by Gasteiger charge is 2.21. The van der Waals surface area contributed by atoms with Crippen molar-refractivity contribution >= 4 is 0 Å². The Balaban J connectivity index is 0.000000113. The zero-order chi connectivity index (χ0) is 8.93. The van der Waals surface area contributed by atoms with E-state index in [4.69, 9.17) is 4.74 Å². The average Bonchev–Trinajstić information content (AvgIpc) is 2.79. The monoisotopic (exact) mass is 184 g/mol. The van der Waals surface area contributed by atoms with Gasteiger partial charge in [0.05, 0.1) is 0 Å². The van der Waals surface area contributed by atoms with Crippen LogP contribution in [0.4, 0.5) is 0 Å². The lowest BCUT2D eigenvalue weighted by Crippen LogP contribution is -2.55. The molecule has 0 atom stereocenters. The summed E-state index contributed by atoms with van der Waals surface area (Å²) in [4.78, 5) is 5.08. The lowest BCUT2D eigenvalue weighted by Gasteiger charge is -2.41. The number of hydrogen-bond acceptors (Lipinski definition) is 3. The molecule has 4 saturated heterocycles. The van der Waals surface area contributed by atoms with Crippen LogP contribution in [0, 0.1) is 0 Å². The number of ether oxygens (including phenoxy) is 1. The molecule has 0 aromatic rings. The number of rotatable bonds is 0. The summed E-state index contributed by atoms with van der Waals surface area (Å²) in [6.07, 6.45) is 2.56. The van der Waals surface area contributed by atoms with Gasteiger partial charge in [-0.05, 0) is 12.8 Å². The van der Waals surface area contributed by atoms with E-state index in [1.807, 2.05) is 0 Å². The van der Waals surface area contributed by atoms with Gasteiger partial charge in [0.25, 0.3) is 0 Å². The van der Waals surface area contributed by atoms with E-state index in [-0.39, 0.29) is 0 Å². The second-order valence-electron chi connectivity index (χ2n) is 4.00. The molecular weight excluding hydrogens is 164 g/mol. The van der Waals surface area contributed by atoms with Crippen molar-refractivity contribution in [1.29, 1.82) is 0 Å². The predicted molar refractivity (Wildman–Crippen MR) is 52.9 cm³/mol. The van der Waals surface area contributed by atoms with Crippen LogP contribution in [0.2, 0.25) is 0 Å². The van der Waals surface area contributed by atoms with Gasteiger partial charge in [-0.15, -0.1) is 0 Å². The molecule has 4 heterocycles. The van der Waals surface area contributed by atoms with Gasteiger partial charge in [-0.3, -0.25) is 9.80 Å². The van der Waals surface area contributed by atoms with E-state index in [0.29, 0.717) is 0 Å². The quantitative estimate of drug-likeness (QED) is 0.542. The van der Waals surface area contributed by atoms with Gasteiger partial charge in [0, 0.05) is 52.5 Å². The van der Waals surface area contributed by atoms with Gasteiger partial charge in [0.1, 0.15) is 0 Å². The molecule has 0 saturated carbocycles. The van der Waals surface area contributed by atoms with E-state index >= 15 is 0 Å². The fourth-order valence-electron chi connectivity index (χ4n) is 2.03. The molecule has 0 spiro atoms. The Morgan fingerprint density at radius 2 is 1.00 bits per heavy atom. The van der Waals surface area contributed by atoms with Gasteiger partial charge in [-0.1, -0.05) is 0 Å². The van der Waals surface area contributed by atoms with E-state index in [1.165, 1.54) is 52.1 Å². The molecule has 4 aliphatic heterocycles. The number of fused-ring (bicyclic) bond motifs is 3. The van der Waals surface area contributed by atoms with Gasteiger partial charge < -0.3 is 4.74 Å². The minimum absolute atomic E-state index is 1.00. The third kappa shape index (κ3) is 2.93. The Bertz CT molecular complexity index is 109. The topological polar surface area (TPSA) is 15.7 Å². The Kier molecular flexibility index (Phi) is 3.58. The van der Waals surface area contributed by atoms with Crippen molar-refractivity contribution in [2.24, 2.45) is 0 Å². The van der Waals surface area contributed by atoms with Crippen molar-refractivity contribution < 1.29 is 4.74 Å². The van der Waals surface area contributed by atoms with Gasteiger partial charge in [0.15, 0.2) is 0 Å². The first-order chi connectivity index (χ1) is 6.45. The van der Waals surface area contributed by atoms with Gasteiger partial charge in [0.2, 0.25) is 0 Å². The lowest BCUT2D eigenvalue weighted by molar-refractivity contribution is 0.0647. The molecule has 0 radical (unpaired) electrons. The van der Waals surface area contributed by atoms with Crippen LogP contribution in [0.15, 0.2) is 0 Å². The zero-order valence-electron chi connectivity index (χ0n) is 8.37. The van der Waals surface area contributed by atoms with Crippen LogP contribution >= 0.6 is 0 Å². The molecule has 0 N–H and O–H groups in total. The fourth-order valence-corrected chi connectivity index (χ4v) is 2.03. The molecule has 3 heteroatoms. The maximum absolute atomic E-state index is 4.94. The van der Waals surface area contributed by atoms with Crippen LogP contribution in [0.1, 0.15) is 12.8 Å². The predicted octanol–water partition coefficient (Wildman–Crippen LogP) is 0.414. The van der Waals surface area contributed by atoms with Crippen LogP contribution < -0.4 is 0 Å². The maximum Gasteiger partial charge on any atom is 0.0466 e. The van der Waals surface area contributed by atoms with Crippen LogP contribution in [0.25, 0.3) is 0 Å². The summed E-state index contributed by atoms with van der Waals surface area (Å²) < 4.78 is 4.94. The molecular formula is C10H20N2O. The molecule has 0 aliphatic carbocycles. The largest absolute Gasteiger partial charge is 0.381 e. The van der Waals surface area contributed by atoms with Crippen molar-refractivity contribution in [3.8, 4) is 0 Å². The minimum atomic E-state index is 1.00. The molecule has 0 unspecified atom stereocenters. The van der Waals surface area contributed by atoms with Crippen LogP contribution in [-0.4, -0.2) is 62.3 Å². The molecule has 4 fully saturated rings. The Morgan fingerprint density at radius 1 is 0.615 bits per heavy atom. The van der Waals surface area contributed by atoms with Crippen molar-refractivity contribution in [2.75, 3.05) is 52.5 Å². The Labute approximate surface area is 80.6 Å². The van der Waals surface area contributed by atoms with E-state index in [0.717, 1.165) is 13.2 Å². The number of nitrogens with zero attached hydrogens (tertiary/aromatic N) is 2. The van der Waals surface area contributed by atoms with E-state index in [2.05, 4.69) is 9.80 Å². The summed E-state index contributed by atoms with van der Waals surface area (Å²) in [5.74, 6) is 0. The molecule has 2 bridgehead atoms. The van der Waals surface area contributed by atoms with Gasteiger partial charge in [-0.25, -0.2) is 0 Å². The summed E-state index contributed by atoms with van der Waals surface area (Å²) in [6.45, 7) is 9.92. The minimum Gasteiger partial charge on any atom is -0.381 e. The van der Waals surface area contributed by atoms with E-state index < -0.39 is 0 Å². The Morgan fingerprint density at radius 3 is 1.15 bits per heavy atom. The normalized spacial score (nSPS) is 36.9. The first-order valence-electron chi connectivity index (χ1n) is 5.47. The smallest absolute Gasteiger partial charge is 0.0466 e. The molecule has 0 aromatic carbocycles. The summed E-state index contributed by atoms with van der Waals surface area (Å²) >= 11 is 0. The zero-order valence-corrected chi connectivity index (χ0v) is 8.37. The Hall–Kier alpha value is -0.120. The standard InChI is InChI=1S/C6H12N2.C4H8O/c1-2-8-5-3-7(1)4-6-8;1-2-4-5-3-1/h1-6H2;1-4H2. The van der Waals surface area contributed by atoms with Crippen molar-refractivity contribution in [1.82, 2.24) is 9.80 Å². The summed E-state index contributed by atoms with van der Waals surface area (Å²) in [6, 6.07) is 0. The molecule has 76 valence electrons. The first kappa shape index (κ1) is 9.44. The fraction of sp³-hybridized carbons (Fsp3) is 1.00.